The third-order valence-electron chi connectivity index (χ3n) is 2.76. The summed E-state index contributed by atoms with van der Waals surface area (Å²) in [6.45, 7) is 0. The molecular weight excluding hydrogens is 290 g/mol. The zero-order valence-electron chi connectivity index (χ0n) is 11.2. The molecule has 0 saturated carbocycles. The Bertz CT molecular complexity index is 793. The number of hydrogen-bond acceptors (Lipinski definition) is 5. The van der Waals surface area contributed by atoms with Crippen LogP contribution in [0.3, 0.4) is 0 Å². The average Bonchev–Trinajstić information content (AvgIpc) is 2.48. The van der Waals surface area contributed by atoms with Crippen LogP contribution in [0.15, 0.2) is 47.4 Å². The largest absolute Gasteiger partial charge is 0.457 e. The number of hydrogen-bond donors (Lipinski definition) is 2. The van der Waals surface area contributed by atoms with Crippen LogP contribution in [0, 0.1) is 11.3 Å². The minimum atomic E-state index is -3.59. The Hall–Kier alpha value is -2.56. The van der Waals surface area contributed by atoms with E-state index in [4.69, 9.17) is 15.7 Å². The molecule has 2 rings (SSSR count). The maximum absolute atomic E-state index is 11.7. The molecule has 21 heavy (non-hydrogen) atoms. The third kappa shape index (κ3) is 3.31. The number of nitrogens with one attached hydrogen (secondary N) is 1. The first-order valence-corrected chi connectivity index (χ1v) is 7.45. The number of nitriles is 1. The minimum Gasteiger partial charge on any atom is -0.457 e. The van der Waals surface area contributed by atoms with E-state index in [9.17, 15) is 8.42 Å². The summed E-state index contributed by atoms with van der Waals surface area (Å²) in [5, 5.41) is 8.71. The van der Waals surface area contributed by atoms with Crippen LogP contribution < -0.4 is 15.2 Å². The molecular formula is C14H13N3O3S. The van der Waals surface area contributed by atoms with E-state index in [0.717, 1.165) is 0 Å². The first-order valence-electron chi connectivity index (χ1n) is 5.97. The van der Waals surface area contributed by atoms with Crippen molar-refractivity contribution in [2.24, 2.45) is 0 Å². The molecule has 0 fully saturated rings. The molecule has 3 N–H and O–H groups in total. The van der Waals surface area contributed by atoms with Gasteiger partial charge in [-0.1, -0.05) is 0 Å². The van der Waals surface area contributed by atoms with Crippen LogP contribution in [0.4, 0.5) is 5.69 Å². The van der Waals surface area contributed by atoms with Crippen molar-refractivity contribution in [2.45, 2.75) is 4.90 Å². The highest BCUT2D eigenvalue weighted by Crippen LogP contribution is 2.27. The maximum Gasteiger partial charge on any atom is 0.242 e. The quantitative estimate of drug-likeness (QED) is 0.838. The molecule has 0 atom stereocenters. The topological polar surface area (TPSA) is 105 Å². The van der Waals surface area contributed by atoms with Crippen LogP contribution in [-0.2, 0) is 10.0 Å². The Morgan fingerprint density at radius 2 is 1.76 bits per heavy atom. The highest BCUT2D eigenvalue weighted by atomic mass is 32.2. The van der Waals surface area contributed by atoms with Gasteiger partial charge in [-0.2, -0.15) is 5.26 Å². The molecule has 0 aromatic heterocycles. The predicted octanol–water partition coefficient (Wildman–Crippen LogP) is 1.84. The Morgan fingerprint density at radius 1 is 1.14 bits per heavy atom. The van der Waals surface area contributed by atoms with Crippen molar-refractivity contribution in [1.29, 1.82) is 5.26 Å². The number of anilines is 1. The van der Waals surface area contributed by atoms with Gasteiger partial charge in [0.15, 0.2) is 0 Å². The molecule has 6 nitrogen and oxygen atoms in total. The third-order valence-corrected chi connectivity index (χ3v) is 4.25. The Balaban J connectivity index is 2.26. The van der Waals surface area contributed by atoms with E-state index in [-0.39, 0.29) is 10.6 Å². The minimum absolute atomic E-state index is 0.00261. The van der Waals surface area contributed by atoms with Crippen LogP contribution in [0.1, 0.15) is 5.56 Å². The molecule has 0 spiro atoms. The second-order valence-corrected chi connectivity index (χ2v) is 6.00. The highest BCUT2D eigenvalue weighted by Gasteiger charge is 2.15. The molecule has 0 amide bonds. The van der Waals surface area contributed by atoms with Crippen LogP contribution in [0.2, 0.25) is 0 Å². The normalized spacial score (nSPS) is 10.9. The lowest BCUT2D eigenvalue weighted by atomic mass is 10.2. The van der Waals surface area contributed by atoms with Gasteiger partial charge in [-0.25, -0.2) is 13.1 Å². The summed E-state index contributed by atoms with van der Waals surface area (Å²) < 4.78 is 31.2. The molecule has 0 radical (unpaired) electrons. The molecule has 7 heteroatoms. The van der Waals surface area contributed by atoms with Gasteiger partial charge in [0, 0.05) is 6.07 Å². The van der Waals surface area contributed by atoms with Crippen molar-refractivity contribution in [3.8, 4) is 17.6 Å². The second kappa shape index (κ2) is 5.83. The van der Waals surface area contributed by atoms with Gasteiger partial charge in [0.05, 0.1) is 17.3 Å². The number of sulfonamides is 1. The number of nitrogens with zero attached hydrogens (tertiary/aromatic N) is 1. The maximum atomic E-state index is 11.7. The van der Waals surface area contributed by atoms with Gasteiger partial charge in [0.1, 0.15) is 16.4 Å². The summed E-state index contributed by atoms with van der Waals surface area (Å²) >= 11 is 0. The molecule has 0 aliphatic rings. The highest BCUT2D eigenvalue weighted by molar-refractivity contribution is 7.89. The van der Waals surface area contributed by atoms with E-state index in [1.807, 2.05) is 6.07 Å². The number of ether oxygens (including phenoxy) is 1. The first kappa shape index (κ1) is 14.8. The van der Waals surface area contributed by atoms with E-state index in [2.05, 4.69) is 4.72 Å². The molecule has 0 bridgehead atoms. The number of benzene rings is 2. The van der Waals surface area contributed by atoms with E-state index in [1.54, 1.807) is 24.3 Å². The van der Waals surface area contributed by atoms with E-state index < -0.39 is 10.0 Å². The first-order chi connectivity index (χ1) is 9.96. The zero-order chi connectivity index (χ0) is 15.5. The monoisotopic (exact) mass is 303 g/mol. The van der Waals surface area contributed by atoms with Crippen LogP contribution in [-0.4, -0.2) is 15.5 Å². The molecule has 0 heterocycles. The van der Waals surface area contributed by atoms with Crippen LogP contribution >= 0.6 is 0 Å². The second-order valence-electron chi connectivity index (χ2n) is 4.15. The number of nitrogens with two attached hydrogens (primary N) is 1. The standard InChI is InChI=1S/C14H13N3O3S/c1-17-21(18,19)14-7-6-12(8-13(14)16)20-11-4-2-10(9-15)3-5-11/h2-8,17H,16H2,1H3. The fourth-order valence-electron chi connectivity index (χ4n) is 1.68. The Kier molecular flexibility index (Phi) is 4.12. The molecule has 0 aliphatic heterocycles. The molecule has 0 saturated heterocycles. The lowest BCUT2D eigenvalue weighted by Crippen LogP contribution is -2.19. The van der Waals surface area contributed by atoms with Gasteiger partial charge >= 0.3 is 0 Å². The fraction of sp³-hybridized carbons (Fsp3) is 0.0714. The zero-order valence-corrected chi connectivity index (χ0v) is 12.0. The predicted molar refractivity (Wildman–Crippen MR) is 78.3 cm³/mol. The van der Waals surface area contributed by atoms with E-state index in [0.29, 0.717) is 17.1 Å². The van der Waals surface area contributed by atoms with Crippen LogP contribution in [0.25, 0.3) is 0 Å². The number of rotatable bonds is 4. The van der Waals surface area contributed by atoms with E-state index in [1.165, 1.54) is 25.2 Å². The SMILES string of the molecule is CNS(=O)(=O)c1ccc(Oc2ccc(C#N)cc2)cc1N. The summed E-state index contributed by atoms with van der Waals surface area (Å²) in [5.74, 6) is 0.935. The van der Waals surface area contributed by atoms with Gasteiger partial charge in [-0.15, -0.1) is 0 Å². The molecule has 2 aromatic rings. The Labute approximate surface area is 122 Å². The smallest absolute Gasteiger partial charge is 0.242 e. The van der Waals surface area contributed by atoms with Gasteiger partial charge < -0.3 is 10.5 Å². The van der Waals surface area contributed by atoms with Gasteiger partial charge in [0.2, 0.25) is 10.0 Å². The van der Waals surface area contributed by atoms with Gasteiger partial charge in [0.25, 0.3) is 0 Å². The molecule has 0 unspecified atom stereocenters. The summed E-state index contributed by atoms with van der Waals surface area (Å²) in [6.07, 6.45) is 0. The lowest BCUT2D eigenvalue weighted by Gasteiger charge is -2.10. The van der Waals surface area contributed by atoms with Crippen molar-refractivity contribution in [2.75, 3.05) is 12.8 Å². The average molecular weight is 303 g/mol. The van der Waals surface area contributed by atoms with Gasteiger partial charge in [-0.05, 0) is 43.4 Å². The van der Waals surface area contributed by atoms with Crippen LogP contribution in [0.5, 0.6) is 11.5 Å². The molecule has 2 aromatic carbocycles. The molecule has 0 aliphatic carbocycles. The summed E-state index contributed by atoms with van der Waals surface area (Å²) in [7, 11) is -2.28. The van der Waals surface area contributed by atoms with E-state index >= 15 is 0 Å². The van der Waals surface area contributed by atoms with Crippen molar-refractivity contribution in [3.05, 3.63) is 48.0 Å². The summed E-state index contributed by atoms with van der Waals surface area (Å²) in [4.78, 5) is -0.00261. The molecule has 108 valence electrons. The van der Waals surface area contributed by atoms with Crippen molar-refractivity contribution >= 4 is 15.7 Å². The van der Waals surface area contributed by atoms with Crippen molar-refractivity contribution in [3.63, 3.8) is 0 Å². The van der Waals surface area contributed by atoms with Crippen molar-refractivity contribution < 1.29 is 13.2 Å². The lowest BCUT2D eigenvalue weighted by molar-refractivity contribution is 0.482. The summed E-state index contributed by atoms with van der Waals surface area (Å²) in [6, 6.07) is 12.9. The Morgan fingerprint density at radius 3 is 2.29 bits per heavy atom. The van der Waals surface area contributed by atoms with Crippen molar-refractivity contribution in [1.82, 2.24) is 4.72 Å². The number of nitrogen functional groups attached to an aromatic ring is 1. The fourth-order valence-corrected chi connectivity index (χ4v) is 2.51. The summed E-state index contributed by atoms with van der Waals surface area (Å²) in [5.41, 5.74) is 6.36. The van der Waals surface area contributed by atoms with Gasteiger partial charge in [-0.3, -0.25) is 0 Å².